The summed E-state index contributed by atoms with van der Waals surface area (Å²) in [5, 5.41) is 5.64. The highest BCUT2D eigenvalue weighted by Gasteiger charge is 2.21. The number of fused-ring (bicyclic) bond motifs is 1. The number of ether oxygens (including phenoxy) is 1. The standard InChI is InChI=1S/C18H16Cl2N2O2/c1-4-24-18(23)16-11(3)21-22-15(16)8-5-10(2)17(22)13-7-6-12(19)9-14(13)20/h5-9H,4H2,1-3H3. The van der Waals surface area contributed by atoms with E-state index >= 15 is 0 Å². The third-order valence-electron chi connectivity index (χ3n) is 3.84. The van der Waals surface area contributed by atoms with E-state index in [1.807, 2.05) is 25.1 Å². The number of aromatic nitrogens is 2. The van der Waals surface area contributed by atoms with E-state index < -0.39 is 0 Å². The molecule has 0 unspecified atom stereocenters. The highest BCUT2D eigenvalue weighted by Crippen LogP contribution is 2.34. The Morgan fingerprint density at radius 1 is 1.21 bits per heavy atom. The van der Waals surface area contributed by atoms with Gasteiger partial charge in [0.05, 0.1) is 28.5 Å². The van der Waals surface area contributed by atoms with Crippen molar-refractivity contribution < 1.29 is 9.53 Å². The zero-order valence-corrected chi connectivity index (χ0v) is 15.1. The van der Waals surface area contributed by atoms with E-state index in [1.165, 1.54) is 0 Å². The lowest BCUT2D eigenvalue weighted by Gasteiger charge is -2.11. The normalized spacial score (nSPS) is 11.0. The number of carbonyl (C=O) groups excluding carboxylic acids is 1. The number of carbonyl (C=O) groups is 1. The maximum atomic E-state index is 12.3. The molecule has 4 nitrogen and oxygen atoms in total. The molecule has 124 valence electrons. The number of hydrogen-bond acceptors (Lipinski definition) is 3. The van der Waals surface area contributed by atoms with E-state index in [-0.39, 0.29) is 5.97 Å². The Bertz CT molecular complexity index is 948. The van der Waals surface area contributed by atoms with Gasteiger partial charge in [0.1, 0.15) is 5.56 Å². The van der Waals surface area contributed by atoms with Crippen LogP contribution >= 0.6 is 23.2 Å². The summed E-state index contributed by atoms with van der Waals surface area (Å²) in [6, 6.07) is 9.14. The van der Waals surface area contributed by atoms with Crippen molar-refractivity contribution in [1.29, 1.82) is 0 Å². The number of benzene rings is 1. The smallest absolute Gasteiger partial charge is 0.342 e. The monoisotopic (exact) mass is 362 g/mol. The number of hydrogen-bond donors (Lipinski definition) is 0. The molecule has 3 aromatic rings. The van der Waals surface area contributed by atoms with Crippen LogP contribution in [0.25, 0.3) is 16.8 Å². The Hall–Kier alpha value is -2.04. The molecule has 1 aromatic carbocycles. The molecule has 0 saturated heterocycles. The number of esters is 1. The van der Waals surface area contributed by atoms with E-state index in [0.717, 1.165) is 16.8 Å². The second-order valence-corrected chi connectivity index (χ2v) is 6.31. The predicted molar refractivity (Wildman–Crippen MR) is 96.1 cm³/mol. The summed E-state index contributed by atoms with van der Waals surface area (Å²) in [5.41, 5.74) is 4.41. The van der Waals surface area contributed by atoms with E-state index in [9.17, 15) is 4.79 Å². The van der Waals surface area contributed by atoms with E-state index in [2.05, 4.69) is 5.10 Å². The number of nitrogens with zero attached hydrogens (tertiary/aromatic N) is 2. The van der Waals surface area contributed by atoms with Gasteiger partial charge in [0, 0.05) is 10.6 Å². The van der Waals surface area contributed by atoms with Crippen molar-refractivity contribution in [3.05, 3.63) is 57.2 Å². The van der Waals surface area contributed by atoms with Gasteiger partial charge in [0.2, 0.25) is 0 Å². The van der Waals surface area contributed by atoms with Crippen LogP contribution in [0.3, 0.4) is 0 Å². The number of halogens is 2. The predicted octanol–water partition coefficient (Wildman–Crippen LogP) is 5.10. The number of rotatable bonds is 3. The second-order valence-electron chi connectivity index (χ2n) is 5.47. The molecule has 2 heterocycles. The summed E-state index contributed by atoms with van der Waals surface area (Å²) in [6.45, 7) is 5.86. The maximum Gasteiger partial charge on any atom is 0.342 e. The molecule has 0 N–H and O–H groups in total. The number of aryl methyl sites for hydroxylation is 2. The molecule has 0 amide bonds. The highest BCUT2D eigenvalue weighted by atomic mass is 35.5. The van der Waals surface area contributed by atoms with Gasteiger partial charge in [-0.05, 0) is 50.6 Å². The lowest BCUT2D eigenvalue weighted by molar-refractivity contribution is 0.0528. The lowest BCUT2D eigenvalue weighted by Crippen LogP contribution is -2.06. The van der Waals surface area contributed by atoms with Crippen molar-refractivity contribution in [2.24, 2.45) is 0 Å². The molecule has 0 bridgehead atoms. The quantitative estimate of drug-likeness (QED) is 0.608. The number of pyridine rings is 1. The summed E-state index contributed by atoms with van der Waals surface area (Å²) < 4.78 is 6.90. The third-order valence-corrected chi connectivity index (χ3v) is 4.39. The molecule has 3 rings (SSSR count). The van der Waals surface area contributed by atoms with Gasteiger partial charge in [0.25, 0.3) is 0 Å². The van der Waals surface area contributed by atoms with Crippen molar-refractivity contribution in [2.45, 2.75) is 20.8 Å². The molecule has 0 spiro atoms. The molecule has 0 aliphatic heterocycles. The molecule has 0 atom stereocenters. The average molecular weight is 363 g/mol. The zero-order chi connectivity index (χ0) is 17.4. The van der Waals surface area contributed by atoms with Crippen LogP contribution in [0, 0.1) is 13.8 Å². The van der Waals surface area contributed by atoms with Crippen molar-refractivity contribution in [3.8, 4) is 11.3 Å². The van der Waals surface area contributed by atoms with Crippen LogP contribution in [-0.4, -0.2) is 22.2 Å². The van der Waals surface area contributed by atoms with E-state index in [4.69, 9.17) is 27.9 Å². The Balaban J connectivity index is 2.31. The average Bonchev–Trinajstić information content (AvgIpc) is 2.85. The van der Waals surface area contributed by atoms with Crippen molar-refractivity contribution in [3.63, 3.8) is 0 Å². The molecule has 0 saturated carbocycles. The van der Waals surface area contributed by atoms with Gasteiger partial charge >= 0.3 is 5.97 Å². The van der Waals surface area contributed by atoms with Crippen LogP contribution < -0.4 is 0 Å². The Morgan fingerprint density at radius 2 is 1.96 bits per heavy atom. The van der Waals surface area contributed by atoms with Crippen LogP contribution in [0.2, 0.25) is 10.0 Å². The van der Waals surface area contributed by atoms with Crippen molar-refractivity contribution in [1.82, 2.24) is 9.61 Å². The third kappa shape index (κ3) is 2.76. The summed E-state index contributed by atoms with van der Waals surface area (Å²) in [5.74, 6) is -0.373. The molecular formula is C18H16Cl2N2O2. The van der Waals surface area contributed by atoms with Crippen LogP contribution in [-0.2, 0) is 4.74 Å². The van der Waals surface area contributed by atoms with E-state index in [1.54, 1.807) is 30.5 Å². The zero-order valence-electron chi connectivity index (χ0n) is 13.6. The second kappa shape index (κ2) is 6.46. The minimum absolute atomic E-state index is 0.317. The molecule has 0 aliphatic carbocycles. The first-order chi connectivity index (χ1) is 11.4. The van der Waals surface area contributed by atoms with Crippen LogP contribution in [0.1, 0.15) is 28.5 Å². The minimum atomic E-state index is -0.373. The van der Waals surface area contributed by atoms with Gasteiger partial charge < -0.3 is 4.74 Å². The van der Waals surface area contributed by atoms with Crippen LogP contribution in [0.5, 0.6) is 0 Å². The first-order valence-electron chi connectivity index (χ1n) is 7.55. The molecule has 6 heteroatoms. The fourth-order valence-electron chi connectivity index (χ4n) is 2.78. The summed E-state index contributed by atoms with van der Waals surface area (Å²) in [7, 11) is 0. The summed E-state index contributed by atoms with van der Waals surface area (Å²) in [4.78, 5) is 12.3. The van der Waals surface area contributed by atoms with E-state index in [0.29, 0.717) is 33.4 Å². The topological polar surface area (TPSA) is 43.6 Å². The molecular weight excluding hydrogens is 347 g/mol. The van der Waals surface area contributed by atoms with Crippen LogP contribution in [0.4, 0.5) is 0 Å². The van der Waals surface area contributed by atoms with Crippen molar-refractivity contribution >= 4 is 34.7 Å². The molecule has 2 aromatic heterocycles. The van der Waals surface area contributed by atoms with Crippen molar-refractivity contribution in [2.75, 3.05) is 6.61 Å². The molecule has 24 heavy (non-hydrogen) atoms. The maximum absolute atomic E-state index is 12.3. The van der Waals surface area contributed by atoms with Gasteiger partial charge in [-0.1, -0.05) is 29.3 Å². The first-order valence-corrected chi connectivity index (χ1v) is 8.31. The Labute approximate surface area is 150 Å². The van der Waals surface area contributed by atoms with Gasteiger partial charge in [-0.2, -0.15) is 5.10 Å². The summed E-state index contributed by atoms with van der Waals surface area (Å²) in [6.07, 6.45) is 0. The Morgan fingerprint density at radius 3 is 2.62 bits per heavy atom. The first kappa shape index (κ1) is 16.8. The van der Waals surface area contributed by atoms with Gasteiger partial charge in [-0.3, -0.25) is 0 Å². The van der Waals surface area contributed by atoms with Gasteiger partial charge in [0.15, 0.2) is 0 Å². The lowest BCUT2D eigenvalue weighted by atomic mass is 10.1. The SMILES string of the molecule is CCOC(=O)c1c(C)nn2c(-c3ccc(Cl)cc3Cl)c(C)ccc12. The van der Waals surface area contributed by atoms with Gasteiger partial charge in [-0.25, -0.2) is 9.31 Å². The van der Waals surface area contributed by atoms with Gasteiger partial charge in [-0.15, -0.1) is 0 Å². The Kier molecular flexibility index (Phi) is 4.52. The summed E-state index contributed by atoms with van der Waals surface area (Å²) >= 11 is 12.4. The highest BCUT2D eigenvalue weighted by molar-refractivity contribution is 6.36. The van der Waals surface area contributed by atoms with Crippen LogP contribution in [0.15, 0.2) is 30.3 Å². The minimum Gasteiger partial charge on any atom is -0.462 e. The largest absolute Gasteiger partial charge is 0.462 e. The molecule has 0 radical (unpaired) electrons. The molecule has 0 fully saturated rings. The fraction of sp³-hybridized carbons (Fsp3) is 0.222. The molecule has 0 aliphatic rings. The fourth-order valence-corrected chi connectivity index (χ4v) is 3.28.